The fourth-order valence-electron chi connectivity index (χ4n) is 1.81. The second-order valence-corrected chi connectivity index (χ2v) is 8.05. The van der Waals surface area contributed by atoms with Gasteiger partial charge in [-0.05, 0) is 67.4 Å². The minimum Gasteiger partial charge on any atom is -0.100 e. The van der Waals surface area contributed by atoms with Crippen molar-refractivity contribution in [3.8, 4) is 0 Å². The summed E-state index contributed by atoms with van der Waals surface area (Å²) >= 11 is 0. The van der Waals surface area contributed by atoms with E-state index in [1.165, 1.54) is 60.8 Å². The molecule has 0 aliphatic carbocycles. The zero-order chi connectivity index (χ0) is 23.7. The molecule has 0 heteroatoms. The van der Waals surface area contributed by atoms with E-state index in [0.717, 1.165) is 12.0 Å². The van der Waals surface area contributed by atoms with Gasteiger partial charge >= 0.3 is 0 Å². The molecular formula is C29H54. The lowest BCUT2D eigenvalue weighted by Crippen LogP contribution is -1.75. The van der Waals surface area contributed by atoms with Gasteiger partial charge in [0.2, 0.25) is 0 Å². The summed E-state index contributed by atoms with van der Waals surface area (Å²) < 4.78 is 0. The average molecular weight is 403 g/mol. The van der Waals surface area contributed by atoms with Gasteiger partial charge in [0.05, 0.1) is 0 Å². The Morgan fingerprint density at radius 1 is 0.724 bits per heavy atom. The molecule has 0 nitrogen and oxygen atoms in total. The van der Waals surface area contributed by atoms with Crippen LogP contribution in [0.4, 0.5) is 0 Å². The maximum atomic E-state index is 3.81. The van der Waals surface area contributed by atoms with Crippen LogP contribution < -0.4 is 0 Å². The summed E-state index contributed by atoms with van der Waals surface area (Å²) in [6.45, 7) is 31.9. The lowest BCUT2D eigenvalue weighted by molar-refractivity contribution is 0.624. The van der Waals surface area contributed by atoms with Crippen LogP contribution in [0.25, 0.3) is 0 Å². The fraction of sp³-hybridized carbons (Fsp3) is 0.586. The van der Waals surface area contributed by atoms with E-state index in [4.69, 9.17) is 0 Å². The van der Waals surface area contributed by atoms with Crippen LogP contribution in [0, 0.1) is 0 Å². The summed E-state index contributed by atoms with van der Waals surface area (Å²) in [5.74, 6) is 0. The molecule has 0 aromatic rings. The van der Waals surface area contributed by atoms with Crippen LogP contribution in [0.3, 0.4) is 0 Å². The second kappa shape index (κ2) is 28.6. The zero-order valence-electron chi connectivity index (χ0n) is 21.9. The monoisotopic (exact) mass is 402 g/mol. The lowest BCUT2D eigenvalue weighted by atomic mass is 10.1. The van der Waals surface area contributed by atoms with Crippen molar-refractivity contribution in [2.24, 2.45) is 0 Å². The van der Waals surface area contributed by atoms with Crippen LogP contribution in [-0.4, -0.2) is 0 Å². The third kappa shape index (κ3) is 51.9. The minimum atomic E-state index is 1.05. The summed E-state index contributed by atoms with van der Waals surface area (Å²) in [4.78, 5) is 0. The molecule has 29 heavy (non-hydrogen) atoms. The molecule has 0 aromatic heterocycles. The van der Waals surface area contributed by atoms with E-state index < -0.39 is 0 Å². The molecule has 0 saturated heterocycles. The molecule has 0 atom stereocenters. The summed E-state index contributed by atoms with van der Waals surface area (Å²) in [5, 5.41) is 0. The van der Waals surface area contributed by atoms with Gasteiger partial charge in [-0.25, -0.2) is 0 Å². The van der Waals surface area contributed by atoms with E-state index in [1.807, 2.05) is 46.8 Å². The molecule has 0 spiro atoms. The van der Waals surface area contributed by atoms with Crippen molar-refractivity contribution in [3.05, 3.63) is 71.9 Å². The summed E-state index contributed by atoms with van der Waals surface area (Å²) in [6, 6.07) is 0. The minimum absolute atomic E-state index is 1.05. The molecule has 0 N–H and O–H groups in total. The van der Waals surface area contributed by atoms with Crippen LogP contribution in [0.15, 0.2) is 71.9 Å². The van der Waals surface area contributed by atoms with Gasteiger partial charge in [0.25, 0.3) is 0 Å². The molecule has 0 rings (SSSR count). The Bertz CT molecular complexity index is 470. The lowest BCUT2D eigenvalue weighted by Gasteiger charge is -1.95. The standard InChI is InChI=1S/C9H14.C8H14.C8H18.C4H8/c1-5-6-7-9(4)8(2)3;1-5-8(4)6-7(2)3;1-3-5-7-8-6-4-2;1-4(2)3/h5-7H,2H2,1,3-4H3;5H,2,6H2,1,3-4H3;3-8H2,1-2H3;1H2,2-3H3/b6-5-,9-7+;8-5+;;. The molecule has 0 unspecified atom stereocenters. The first kappa shape index (κ1) is 34.9. The topological polar surface area (TPSA) is 0 Å². The van der Waals surface area contributed by atoms with Gasteiger partial charge in [-0.1, -0.05) is 112 Å². The number of hydrogen-bond acceptors (Lipinski definition) is 0. The molecule has 0 amide bonds. The third-order valence-electron chi connectivity index (χ3n) is 3.74. The molecule has 0 saturated carbocycles. The van der Waals surface area contributed by atoms with Gasteiger partial charge in [0.1, 0.15) is 0 Å². The highest BCUT2D eigenvalue weighted by atomic mass is 13.9. The van der Waals surface area contributed by atoms with Crippen molar-refractivity contribution < 1.29 is 0 Å². The van der Waals surface area contributed by atoms with Crippen molar-refractivity contribution in [3.63, 3.8) is 0 Å². The Morgan fingerprint density at radius 3 is 1.34 bits per heavy atom. The zero-order valence-corrected chi connectivity index (χ0v) is 21.9. The van der Waals surface area contributed by atoms with Crippen molar-refractivity contribution in [1.29, 1.82) is 0 Å². The number of unbranched alkanes of at least 4 members (excludes halogenated alkanes) is 5. The second-order valence-electron chi connectivity index (χ2n) is 8.05. The van der Waals surface area contributed by atoms with Crippen molar-refractivity contribution >= 4 is 0 Å². The summed E-state index contributed by atoms with van der Waals surface area (Å²) in [5.41, 5.74) is 6.18. The number of rotatable bonds is 9. The van der Waals surface area contributed by atoms with E-state index in [1.54, 1.807) is 0 Å². The molecule has 0 heterocycles. The van der Waals surface area contributed by atoms with Crippen molar-refractivity contribution in [2.45, 2.75) is 114 Å². The Kier molecular flexibility index (Phi) is 34.5. The van der Waals surface area contributed by atoms with Crippen LogP contribution in [-0.2, 0) is 0 Å². The van der Waals surface area contributed by atoms with Gasteiger partial charge in [-0.15, -0.1) is 6.58 Å². The highest BCUT2D eigenvalue weighted by Gasteiger charge is 1.85. The van der Waals surface area contributed by atoms with Crippen LogP contribution in [0.2, 0.25) is 0 Å². The summed E-state index contributed by atoms with van der Waals surface area (Å²) in [7, 11) is 0. The number of allylic oxidation sites excluding steroid dienone is 9. The Morgan fingerprint density at radius 2 is 1.14 bits per heavy atom. The van der Waals surface area contributed by atoms with E-state index in [0.29, 0.717) is 0 Å². The fourth-order valence-corrected chi connectivity index (χ4v) is 1.81. The molecular weight excluding hydrogens is 348 g/mol. The predicted molar refractivity (Wildman–Crippen MR) is 142 cm³/mol. The highest BCUT2D eigenvalue weighted by Crippen LogP contribution is 2.06. The SMILES string of the molecule is C=C(C)/C(C)=C/C=C\C.C=C(C)C.C=C(C)C/C(C)=C/C.CCCCCCCC. The quantitative estimate of drug-likeness (QED) is 0.204. The molecule has 0 bridgehead atoms. The van der Waals surface area contributed by atoms with E-state index in [-0.39, 0.29) is 0 Å². The van der Waals surface area contributed by atoms with Crippen molar-refractivity contribution in [2.75, 3.05) is 0 Å². The maximum Gasteiger partial charge on any atom is -0.0117 e. The van der Waals surface area contributed by atoms with Crippen molar-refractivity contribution in [1.82, 2.24) is 0 Å². The summed E-state index contributed by atoms with van der Waals surface area (Å²) in [6.07, 6.45) is 17.7. The first-order valence-electron chi connectivity index (χ1n) is 11.3. The molecule has 0 fully saturated rings. The Balaban J connectivity index is -0.000000148. The first-order valence-corrected chi connectivity index (χ1v) is 11.3. The first-order chi connectivity index (χ1) is 13.5. The largest absolute Gasteiger partial charge is 0.100 e. The maximum absolute atomic E-state index is 3.81. The van der Waals surface area contributed by atoms with Gasteiger partial charge in [0.15, 0.2) is 0 Å². The molecule has 170 valence electrons. The van der Waals surface area contributed by atoms with Crippen LogP contribution >= 0.6 is 0 Å². The highest BCUT2D eigenvalue weighted by molar-refractivity contribution is 5.27. The van der Waals surface area contributed by atoms with Gasteiger partial charge in [-0.3, -0.25) is 0 Å². The molecule has 0 aliphatic heterocycles. The molecule has 0 aromatic carbocycles. The normalized spacial score (nSPS) is 10.7. The van der Waals surface area contributed by atoms with Gasteiger partial charge in [0, 0.05) is 0 Å². The smallest absolute Gasteiger partial charge is 0.0117 e. The predicted octanol–water partition coefficient (Wildman–Crippen LogP) is 11.0. The van der Waals surface area contributed by atoms with E-state index in [2.05, 4.69) is 66.5 Å². The number of hydrogen-bond donors (Lipinski definition) is 0. The average Bonchev–Trinajstić information content (AvgIpc) is 2.63. The van der Waals surface area contributed by atoms with E-state index >= 15 is 0 Å². The van der Waals surface area contributed by atoms with E-state index in [9.17, 15) is 0 Å². The third-order valence-corrected chi connectivity index (χ3v) is 3.74. The Labute approximate surface area is 186 Å². The van der Waals surface area contributed by atoms with Crippen LogP contribution in [0.5, 0.6) is 0 Å². The molecule has 0 radical (unpaired) electrons. The van der Waals surface area contributed by atoms with Gasteiger partial charge in [-0.2, -0.15) is 0 Å². The molecule has 0 aliphatic rings. The Hall–Kier alpha value is -1.56. The van der Waals surface area contributed by atoms with Gasteiger partial charge < -0.3 is 0 Å². The van der Waals surface area contributed by atoms with Crippen LogP contribution in [0.1, 0.15) is 114 Å².